The van der Waals surface area contributed by atoms with E-state index in [0.29, 0.717) is 5.02 Å². The summed E-state index contributed by atoms with van der Waals surface area (Å²) in [6, 6.07) is 13.4. The Labute approximate surface area is 152 Å². The van der Waals surface area contributed by atoms with E-state index in [1.54, 1.807) is 0 Å². The van der Waals surface area contributed by atoms with Gasteiger partial charge in [-0.2, -0.15) is 0 Å². The van der Waals surface area contributed by atoms with Crippen LogP contribution >= 0.6 is 11.6 Å². The average molecular weight is 356 g/mol. The number of aromatic amines is 1. The maximum Gasteiger partial charge on any atom is 0.234 e. The molecule has 1 aromatic heterocycles. The summed E-state index contributed by atoms with van der Waals surface area (Å²) >= 11 is 6.13. The second kappa shape index (κ2) is 6.45. The first-order chi connectivity index (χ1) is 11.8. The summed E-state index contributed by atoms with van der Waals surface area (Å²) in [5.41, 5.74) is 3.05. The Kier molecular flexibility index (Phi) is 4.48. The normalized spacial score (nSPS) is 11.6. The van der Waals surface area contributed by atoms with Gasteiger partial charge in [0.05, 0.1) is 5.41 Å². The lowest BCUT2D eigenvalue weighted by atomic mass is 9.83. The molecule has 3 aromatic rings. The second-order valence-electron chi connectivity index (χ2n) is 6.91. The quantitative estimate of drug-likeness (QED) is 0.706. The Balaban J connectivity index is 1.87. The third kappa shape index (κ3) is 3.35. The van der Waals surface area contributed by atoms with Crippen LogP contribution in [0.3, 0.4) is 0 Å². The first-order valence-electron chi connectivity index (χ1n) is 8.15. The number of carbonyl (C=O) groups is 1. The van der Waals surface area contributed by atoms with Crippen LogP contribution in [-0.2, 0) is 10.2 Å². The summed E-state index contributed by atoms with van der Waals surface area (Å²) in [6.45, 7) is 3.83. The highest BCUT2D eigenvalue weighted by molar-refractivity contribution is 6.31. The number of nitrogens with zero attached hydrogens (tertiary/aromatic N) is 1. The lowest BCUT2D eigenvalue weighted by molar-refractivity contribution is -0.120. The van der Waals surface area contributed by atoms with Crippen LogP contribution in [0.5, 0.6) is 0 Å². The van der Waals surface area contributed by atoms with Crippen molar-refractivity contribution in [2.45, 2.75) is 19.3 Å². The monoisotopic (exact) mass is 355 g/mol. The average Bonchev–Trinajstić information content (AvgIpc) is 2.98. The highest BCUT2D eigenvalue weighted by atomic mass is 35.5. The molecule has 0 unspecified atom stereocenters. The number of halogens is 1. The summed E-state index contributed by atoms with van der Waals surface area (Å²) in [6.07, 6.45) is 1.88. The van der Waals surface area contributed by atoms with Crippen LogP contribution in [0.4, 0.5) is 11.4 Å². The Hall–Kier alpha value is -2.46. The summed E-state index contributed by atoms with van der Waals surface area (Å²) in [7, 11) is 3.97. The Morgan fingerprint density at radius 1 is 1.12 bits per heavy atom. The van der Waals surface area contributed by atoms with Gasteiger partial charge in [0.15, 0.2) is 0 Å². The van der Waals surface area contributed by atoms with Crippen molar-refractivity contribution in [3.05, 3.63) is 59.2 Å². The van der Waals surface area contributed by atoms with Crippen molar-refractivity contribution >= 4 is 39.8 Å². The zero-order valence-corrected chi connectivity index (χ0v) is 15.6. The number of benzene rings is 2. The number of H-pyrrole nitrogens is 1. The Morgan fingerprint density at radius 2 is 1.80 bits per heavy atom. The number of nitrogens with one attached hydrogen (secondary N) is 2. The van der Waals surface area contributed by atoms with E-state index in [1.807, 2.05) is 81.5 Å². The second-order valence-corrected chi connectivity index (χ2v) is 7.35. The van der Waals surface area contributed by atoms with E-state index in [4.69, 9.17) is 11.6 Å². The lowest BCUT2D eigenvalue weighted by Crippen LogP contribution is -2.34. The first kappa shape index (κ1) is 17.4. The van der Waals surface area contributed by atoms with Crippen molar-refractivity contribution in [1.29, 1.82) is 0 Å². The molecule has 0 bridgehead atoms. The fraction of sp³-hybridized carbons (Fsp3) is 0.250. The molecule has 0 saturated carbocycles. The lowest BCUT2D eigenvalue weighted by Gasteiger charge is -2.24. The fourth-order valence-electron chi connectivity index (χ4n) is 2.86. The van der Waals surface area contributed by atoms with Crippen LogP contribution in [0.25, 0.3) is 10.9 Å². The van der Waals surface area contributed by atoms with E-state index in [2.05, 4.69) is 10.3 Å². The zero-order chi connectivity index (χ0) is 18.2. The molecule has 0 aliphatic heterocycles. The standard InChI is InChI=1S/C20H22ClN3O/c1-20(2,17-12-22-18-10-5-13(21)11-16(17)18)19(25)23-14-6-8-15(9-7-14)24(3)4/h5-12,22H,1-4H3,(H,23,25). The molecule has 0 radical (unpaired) electrons. The summed E-state index contributed by atoms with van der Waals surface area (Å²) in [4.78, 5) is 18.1. The molecule has 1 amide bonds. The molecule has 2 aromatic carbocycles. The van der Waals surface area contributed by atoms with Crippen LogP contribution < -0.4 is 10.2 Å². The van der Waals surface area contributed by atoms with Crippen LogP contribution in [0.2, 0.25) is 5.02 Å². The number of hydrogen-bond donors (Lipinski definition) is 2. The first-order valence-corrected chi connectivity index (χ1v) is 8.53. The highest BCUT2D eigenvalue weighted by Crippen LogP contribution is 2.33. The zero-order valence-electron chi connectivity index (χ0n) is 14.9. The van der Waals surface area contributed by atoms with Crippen LogP contribution in [-0.4, -0.2) is 25.0 Å². The van der Waals surface area contributed by atoms with Gasteiger partial charge in [-0.15, -0.1) is 0 Å². The van der Waals surface area contributed by atoms with Crippen molar-refractivity contribution in [1.82, 2.24) is 4.98 Å². The Bertz CT molecular complexity index is 910. The van der Waals surface area contributed by atoms with Gasteiger partial charge in [-0.1, -0.05) is 11.6 Å². The molecule has 2 N–H and O–H groups in total. The fourth-order valence-corrected chi connectivity index (χ4v) is 3.03. The molecule has 3 rings (SSSR count). The summed E-state index contributed by atoms with van der Waals surface area (Å²) in [5.74, 6) is -0.0639. The largest absolute Gasteiger partial charge is 0.378 e. The van der Waals surface area contributed by atoms with Gasteiger partial charge >= 0.3 is 0 Å². The molecule has 0 aliphatic rings. The van der Waals surface area contributed by atoms with Gasteiger partial charge in [0.2, 0.25) is 5.91 Å². The van der Waals surface area contributed by atoms with E-state index in [9.17, 15) is 4.79 Å². The van der Waals surface area contributed by atoms with E-state index in [1.165, 1.54) is 0 Å². The van der Waals surface area contributed by atoms with Crippen LogP contribution in [0.15, 0.2) is 48.7 Å². The molecule has 4 nitrogen and oxygen atoms in total. The molecular formula is C20H22ClN3O. The van der Waals surface area contributed by atoms with Crippen molar-refractivity contribution in [3.8, 4) is 0 Å². The van der Waals surface area contributed by atoms with E-state index >= 15 is 0 Å². The molecule has 25 heavy (non-hydrogen) atoms. The predicted molar refractivity (Wildman–Crippen MR) is 106 cm³/mol. The third-order valence-corrected chi connectivity index (χ3v) is 4.76. The number of amides is 1. The van der Waals surface area contributed by atoms with Crippen molar-refractivity contribution in [3.63, 3.8) is 0 Å². The molecular weight excluding hydrogens is 334 g/mol. The number of aromatic nitrogens is 1. The highest BCUT2D eigenvalue weighted by Gasteiger charge is 2.32. The van der Waals surface area contributed by atoms with Gasteiger partial charge in [0, 0.05) is 47.6 Å². The minimum atomic E-state index is -0.705. The molecule has 1 heterocycles. The minimum absolute atomic E-state index is 0.0639. The molecule has 0 saturated heterocycles. The van der Waals surface area contributed by atoms with Gasteiger partial charge in [-0.3, -0.25) is 4.79 Å². The smallest absolute Gasteiger partial charge is 0.234 e. The van der Waals surface area contributed by atoms with Crippen molar-refractivity contribution < 1.29 is 4.79 Å². The van der Waals surface area contributed by atoms with E-state index in [0.717, 1.165) is 27.8 Å². The van der Waals surface area contributed by atoms with Gasteiger partial charge in [0.25, 0.3) is 0 Å². The van der Waals surface area contributed by atoms with Gasteiger partial charge in [0.1, 0.15) is 0 Å². The van der Waals surface area contributed by atoms with E-state index < -0.39 is 5.41 Å². The number of anilines is 2. The third-order valence-electron chi connectivity index (χ3n) is 4.53. The molecule has 0 fully saturated rings. The molecule has 0 spiro atoms. The summed E-state index contributed by atoms with van der Waals surface area (Å²) < 4.78 is 0. The Morgan fingerprint density at radius 3 is 2.44 bits per heavy atom. The summed E-state index contributed by atoms with van der Waals surface area (Å²) in [5, 5.41) is 4.64. The van der Waals surface area contributed by atoms with Crippen LogP contribution in [0.1, 0.15) is 19.4 Å². The molecule has 5 heteroatoms. The van der Waals surface area contributed by atoms with Gasteiger partial charge in [-0.25, -0.2) is 0 Å². The number of fused-ring (bicyclic) bond motifs is 1. The van der Waals surface area contributed by atoms with Crippen molar-refractivity contribution in [2.75, 3.05) is 24.3 Å². The molecule has 0 aliphatic carbocycles. The minimum Gasteiger partial charge on any atom is -0.378 e. The number of hydrogen-bond acceptors (Lipinski definition) is 2. The molecule has 0 atom stereocenters. The van der Waals surface area contributed by atoms with Crippen LogP contribution in [0, 0.1) is 0 Å². The number of rotatable bonds is 4. The van der Waals surface area contributed by atoms with Crippen molar-refractivity contribution in [2.24, 2.45) is 0 Å². The maximum atomic E-state index is 12.9. The SMILES string of the molecule is CN(C)c1ccc(NC(=O)C(C)(C)c2c[nH]c3ccc(Cl)cc23)cc1. The van der Waals surface area contributed by atoms with Gasteiger partial charge < -0.3 is 15.2 Å². The van der Waals surface area contributed by atoms with Gasteiger partial charge in [-0.05, 0) is 61.9 Å². The predicted octanol–water partition coefficient (Wildman–Crippen LogP) is 4.80. The van der Waals surface area contributed by atoms with E-state index in [-0.39, 0.29) is 5.91 Å². The topological polar surface area (TPSA) is 48.1 Å². The molecule has 130 valence electrons. The maximum absolute atomic E-state index is 12.9. The number of carbonyl (C=O) groups excluding carboxylic acids is 1.